The lowest BCUT2D eigenvalue weighted by molar-refractivity contribution is -0.121. The van der Waals surface area contributed by atoms with Gasteiger partial charge in [0.25, 0.3) is 0 Å². The van der Waals surface area contributed by atoms with Gasteiger partial charge in [-0.25, -0.2) is 0 Å². The van der Waals surface area contributed by atoms with E-state index in [1.54, 1.807) is 0 Å². The highest BCUT2D eigenvalue weighted by Gasteiger charge is 2.25. The zero-order valence-electron chi connectivity index (χ0n) is 11.7. The molecule has 0 aromatic heterocycles. The quantitative estimate of drug-likeness (QED) is 0.827. The summed E-state index contributed by atoms with van der Waals surface area (Å²) in [6.45, 7) is 0.970. The Morgan fingerprint density at radius 1 is 1.14 bits per heavy atom. The van der Waals surface area contributed by atoms with Crippen molar-refractivity contribution in [1.29, 1.82) is 0 Å². The summed E-state index contributed by atoms with van der Waals surface area (Å²) < 4.78 is 5.55. The summed E-state index contributed by atoms with van der Waals surface area (Å²) >= 11 is 0. The molecule has 0 saturated heterocycles. The Balaban J connectivity index is 1.42. The minimum Gasteiger partial charge on any atom is -0.492 e. The molecule has 21 heavy (non-hydrogen) atoms. The summed E-state index contributed by atoms with van der Waals surface area (Å²) in [4.78, 5) is 12.1. The standard InChI is InChI=1S/C17H18N2O2/c20-17(16-12-13-6-4-5-9-15(13)19-16)18-10-11-21-14-7-2-1-3-8-14/h1-9,16,19H,10-12H2,(H,18,20). The molecule has 0 radical (unpaired) electrons. The maximum absolute atomic E-state index is 12.1. The van der Waals surface area contributed by atoms with Crippen molar-refractivity contribution in [3.05, 3.63) is 60.2 Å². The molecule has 1 amide bonds. The minimum atomic E-state index is -0.181. The molecule has 0 saturated carbocycles. The summed E-state index contributed by atoms with van der Waals surface area (Å²) in [6, 6.07) is 17.4. The first kappa shape index (κ1) is 13.5. The van der Waals surface area contributed by atoms with E-state index in [0.717, 1.165) is 17.9 Å². The zero-order chi connectivity index (χ0) is 14.5. The molecule has 1 aliphatic rings. The van der Waals surface area contributed by atoms with E-state index in [1.165, 1.54) is 5.56 Å². The van der Waals surface area contributed by atoms with Crippen molar-refractivity contribution >= 4 is 11.6 Å². The third-order valence-electron chi connectivity index (χ3n) is 3.50. The number of para-hydroxylation sites is 2. The molecule has 2 aromatic rings. The van der Waals surface area contributed by atoms with Crippen molar-refractivity contribution in [2.45, 2.75) is 12.5 Å². The number of nitrogens with one attached hydrogen (secondary N) is 2. The van der Waals surface area contributed by atoms with E-state index in [-0.39, 0.29) is 11.9 Å². The molecule has 3 rings (SSSR count). The van der Waals surface area contributed by atoms with Gasteiger partial charge < -0.3 is 15.4 Å². The fraction of sp³-hybridized carbons (Fsp3) is 0.235. The zero-order valence-corrected chi connectivity index (χ0v) is 11.7. The highest BCUT2D eigenvalue weighted by Crippen LogP contribution is 2.24. The molecule has 2 N–H and O–H groups in total. The lowest BCUT2D eigenvalue weighted by atomic mass is 10.1. The minimum absolute atomic E-state index is 0.0165. The van der Waals surface area contributed by atoms with E-state index in [1.807, 2.05) is 54.6 Å². The lowest BCUT2D eigenvalue weighted by Gasteiger charge is -2.12. The summed E-state index contributed by atoms with van der Waals surface area (Å²) in [5, 5.41) is 6.14. The molecular weight excluding hydrogens is 264 g/mol. The van der Waals surface area contributed by atoms with Gasteiger partial charge in [-0.2, -0.15) is 0 Å². The van der Waals surface area contributed by atoms with Crippen LogP contribution < -0.4 is 15.4 Å². The predicted octanol–water partition coefficient (Wildman–Crippen LogP) is 2.22. The van der Waals surface area contributed by atoms with Crippen molar-refractivity contribution in [1.82, 2.24) is 5.32 Å². The second-order valence-electron chi connectivity index (χ2n) is 5.01. The Labute approximate surface area is 124 Å². The Bertz CT molecular complexity index is 588. The summed E-state index contributed by atoms with van der Waals surface area (Å²) in [7, 11) is 0. The predicted molar refractivity (Wildman–Crippen MR) is 82.5 cm³/mol. The van der Waals surface area contributed by atoms with Crippen molar-refractivity contribution in [2.24, 2.45) is 0 Å². The number of fused-ring (bicyclic) bond motifs is 1. The van der Waals surface area contributed by atoms with Crippen LogP contribution in [0.15, 0.2) is 54.6 Å². The second-order valence-corrected chi connectivity index (χ2v) is 5.01. The van der Waals surface area contributed by atoms with Gasteiger partial charge in [-0.05, 0) is 23.8 Å². The van der Waals surface area contributed by atoms with E-state index in [0.29, 0.717) is 13.2 Å². The van der Waals surface area contributed by atoms with Crippen LogP contribution in [0, 0.1) is 0 Å². The van der Waals surface area contributed by atoms with E-state index in [9.17, 15) is 4.79 Å². The molecule has 4 nitrogen and oxygen atoms in total. The number of ether oxygens (including phenoxy) is 1. The smallest absolute Gasteiger partial charge is 0.242 e. The molecule has 1 atom stereocenters. The van der Waals surface area contributed by atoms with Gasteiger partial charge in [0.15, 0.2) is 0 Å². The van der Waals surface area contributed by atoms with Gasteiger partial charge in [0.2, 0.25) is 5.91 Å². The van der Waals surface area contributed by atoms with Crippen molar-refractivity contribution < 1.29 is 9.53 Å². The van der Waals surface area contributed by atoms with Gasteiger partial charge >= 0.3 is 0 Å². The first-order valence-electron chi connectivity index (χ1n) is 7.13. The highest BCUT2D eigenvalue weighted by atomic mass is 16.5. The molecule has 4 heteroatoms. The van der Waals surface area contributed by atoms with Crippen LogP contribution in [0.2, 0.25) is 0 Å². The molecular formula is C17H18N2O2. The number of carbonyl (C=O) groups excluding carboxylic acids is 1. The van der Waals surface area contributed by atoms with Crippen LogP contribution in [0.25, 0.3) is 0 Å². The Morgan fingerprint density at radius 3 is 2.71 bits per heavy atom. The lowest BCUT2D eigenvalue weighted by Crippen LogP contribution is -2.40. The highest BCUT2D eigenvalue weighted by molar-refractivity contribution is 5.87. The first-order valence-corrected chi connectivity index (χ1v) is 7.13. The maximum Gasteiger partial charge on any atom is 0.242 e. The van der Waals surface area contributed by atoms with E-state index in [4.69, 9.17) is 4.74 Å². The summed E-state index contributed by atoms with van der Waals surface area (Å²) in [5.41, 5.74) is 2.25. The van der Waals surface area contributed by atoms with Crippen LogP contribution in [-0.2, 0) is 11.2 Å². The normalized spacial score (nSPS) is 15.9. The number of amides is 1. The molecule has 0 fully saturated rings. The number of benzene rings is 2. The van der Waals surface area contributed by atoms with Crippen LogP contribution in [0.1, 0.15) is 5.56 Å². The molecule has 0 bridgehead atoms. The fourth-order valence-corrected chi connectivity index (χ4v) is 2.44. The average molecular weight is 282 g/mol. The first-order chi connectivity index (χ1) is 10.3. The Hall–Kier alpha value is -2.49. The van der Waals surface area contributed by atoms with Crippen LogP contribution >= 0.6 is 0 Å². The molecule has 2 aromatic carbocycles. The van der Waals surface area contributed by atoms with E-state index in [2.05, 4.69) is 10.6 Å². The molecule has 0 aliphatic carbocycles. The number of rotatable bonds is 5. The largest absolute Gasteiger partial charge is 0.492 e. The average Bonchev–Trinajstić information content (AvgIpc) is 2.96. The van der Waals surface area contributed by atoms with Crippen LogP contribution in [0.5, 0.6) is 5.75 Å². The van der Waals surface area contributed by atoms with Gasteiger partial charge in [-0.3, -0.25) is 4.79 Å². The molecule has 1 unspecified atom stereocenters. The molecule has 1 heterocycles. The molecule has 108 valence electrons. The van der Waals surface area contributed by atoms with Gasteiger partial charge in [-0.15, -0.1) is 0 Å². The van der Waals surface area contributed by atoms with Gasteiger partial charge in [0, 0.05) is 12.1 Å². The van der Waals surface area contributed by atoms with Gasteiger partial charge in [-0.1, -0.05) is 36.4 Å². The number of hydrogen-bond donors (Lipinski definition) is 2. The van der Waals surface area contributed by atoms with E-state index < -0.39 is 0 Å². The maximum atomic E-state index is 12.1. The van der Waals surface area contributed by atoms with Crippen LogP contribution in [0.4, 0.5) is 5.69 Å². The Kier molecular flexibility index (Phi) is 4.05. The third-order valence-corrected chi connectivity index (χ3v) is 3.50. The number of hydrogen-bond acceptors (Lipinski definition) is 3. The summed E-state index contributed by atoms with van der Waals surface area (Å²) in [5.74, 6) is 0.834. The van der Waals surface area contributed by atoms with Crippen molar-refractivity contribution in [3.8, 4) is 5.75 Å². The third kappa shape index (κ3) is 3.34. The SMILES string of the molecule is O=C(NCCOc1ccccc1)C1Cc2ccccc2N1. The summed E-state index contributed by atoms with van der Waals surface area (Å²) in [6.07, 6.45) is 0.738. The fourth-order valence-electron chi connectivity index (χ4n) is 2.44. The molecule has 1 aliphatic heterocycles. The van der Waals surface area contributed by atoms with Crippen LogP contribution in [0.3, 0.4) is 0 Å². The van der Waals surface area contributed by atoms with Gasteiger partial charge in [0.1, 0.15) is 18.4 Å². The van der Waals surface area contributed by atoms with Crippen LogP contribution in [-0.4, -0.2) is 25.1 Å². The number of carbonyl (C=O) groups is 1. The van der Waals surface area contributed by atoms with Crippen molar-refractivity contribution in [3.63, 3.8) is 0 Å². The second kappa shape index (κ2) is 6.31. The Morgan fingerprint density at radius 2 is 1.90 bits per heavy atom. The van der Waals surface area contributed by atoms with Crippen molar-refractivity contribution in [2.75, 3.05) is 18.5 Å². The van der Waals surface area contributed by atoms with E-state index >= 15 is 0 Å². The molecule has 0 spiro atoms. The monoisotopic (exact) mass is 282 g/mol. The number of anilines is 1. The van der Waals surface area contributed by atoms with Gasteiger partial charge in [0.05, 0.1) is 6.54 Å². The topological polar surface area (TPSA) is 50.4 Å².